The number of fused-ring (bicyclic) bond motifs is 2. The van der Waals surface area contributed by atoms with Gasteiger partial charge >= 0.3 is 12.1 Å². The van der Waals surface area contributed by atoms with Crippen LogP contribution in [0, 0.1) is 5.92 Å². The molecule has 1 aliphatic carbocycles. The third kappa shape index (κ3) is 17.3. The van der Waals surface area contributed by atoms with Crippen molar-refractivity contribution in [3.63, 3.8) is 0 Å². The lowest BCUT2D eigenvalue weighted by atomic mass is 9.83. The third-order valence-electron chi connectivity index (χ3n) is 12.2. The molecule has 1 aliphatic heterocycles. The average molecular weight is 1070 g/mol. The number of carbonyl (C=O) groups excluding carboxylic acids is 9. The van der Waals surface area contributed by atoms with Crippen molar-refractivity contribution >= 4 is 64.6 Å². The molecule has 0 aromatic heterocycles. The molecule has 0 bridgehead atoms. The van der Waals surface area contributed by atoms with E-state index in [0.29, 0.717) is 72.3 Å². The second-order valence-corrected chi connectivity index (χ2v) is 18.8. The van der Waals surface area contributed by atoms with Gasteiger partial charge in [-0.1, -0.05) is 75.7 Å². The van der Waals surface area contributed by atoms with Gasteiger partial charge in [0.15, 0.2) is 11.6 Å². The highest BCUT2D eigenvalue weighted by Crippen LogP contribution is 2.32. The second-order valence-electron chi connectivity index (χ2n) is 18.8. The van der Waals surface area contributed by atoms with Crippen LogP contribution in [0.1, 0.15) is 111 Å². The molecule has 5 rings (SSSR count). The Morgan fingerprint density at radius 1 is 0.737 bits per heavy atom. The van der Waals surface area contributed by atoms with E-state index in [4.69, 9.17) is 15.6 Å². The number of phenols is 1. The highest BCUT2D eigenvalue weighted by atomic mass is 19.4. The first-order chi connectivity index (χ1) is 35.8. The smallest absolute Gasteiger partial charge is 0.490 e. The van der Waals surface area contributed by atoms with Gasteiger partial charge < -0.3 is 58.1 Å². The Morgan fingerprint density at radius 3 is 1.96 bits per heavy atom. The highest BCUT2D eigenvalue weighted by Gasteiger charge is 2.39. The van der Waals surface area contributed by atoms with Gasteiger partial charge in [-0.25, -0.2) is 4.79 Å². The average Bonchev–Trinajstić information content (AvgIpc) is 3.87. The van der Waals surface area contributed by atoms with Crippen LogP contribution in [-0.2, 0) is 44.8 Å². The molecule has 1 saturated heterocycles. The molecule has 6 atom stereocenters. The van der Waals surface area contributed by atoms with Crippen LogP contribution in [0.3, 0.4) is 0 Å². The van der Waals surface area contributed by atoms with E-state index in [9.17, 15) is 61.4 Å². The maximum atomic E-state index is 14.0. The minimum absolute atomic E-state index is 0.00291. The molecule has 0 saturated carbocycles. The Kier molecular flexibility index (Phi) is 22.5. The number of benzene rings is 3. The number of aliphatic carboxylic acids is 1. The lowest BCUT2D eigenvalue weighted by molar-refractivity contribution is -0.192. The SMILES string of the molecule is CCC[C@H](NC(=O)[C@H](Cc1ccc(O)cc1)NC(=O)[C@H](C)NC(=O)[C@H](C)N)C(=O)NCC(=O)N[C@@H](CC(C)C)C(=O)N1CCC[C@H]1C(=O)NCCCNc1cccc2c1C(=O)c1ccccc1C2=O.O=C(O)C(F)(F)F. The van der Waals surface area contributed by atoms with Crippen molar-refractivity contribution in [2.45, 2.75) is 122 Å². The van der Waals surface area contributed by atoms with E-state index in [0.717, 1.165) is 0 Å². The van der Waals surface area contributed by atoms with Crippen molar-refractivity contribution in [3.8, 4) is 5.75 Å². The summed E-state index contributed by atoms with van der Waals surface area (Å²) in [6.45, 7) is 8.90. The fraction of sp³-hybridized carbons (Fsp3) is 0.462. The molecule has 0 unspecified atom stereocenters. The van der Waals surface area contributed by atoms with Crippen LogP contribution in [0.25, 0.3) is 0 Å². The van der Waals surface area contributed by atoms with E-state index in [1.165, 1.54) is 30.9 Å². The van der Waals surface area contributed by atoms with E-state index in [1.54, 1.807) is 61.5 Å². The van der Waals surface area contributed by atoms with E-state index < -0.39 is 90.4 Å². The predicted octanol–water partition coefficient (Wildman–Crippen LogP) is 2.22. The number of hydrogen-bond donors (Lipinski definition) is 10. The predicted molar refractivity (Wildman–Crippen MR) is 271 cm³/mol. The molecule has 11 N–H and O–H groups in total. The molecule has 21 nitrogen and oxygen atoms in total. The summed E-state index contributed by atoms with van der Waals surface area (Å²) in [5.74, 6) is -7.31. The normalized spacial score (nSPS) is 15.7. The standard InChI is InChI=1S/C50H65N9O10.C2HF3O2/c1-6-12-37(57-48(67)38(26-31-18-20-32(60)21-19-31)58-46(65)30(5)55-45(64)29(4)51)47(66)54-27-41(61)56-39(25-28(2)3)50(69)59-24-10-17-40(59)49(68)53-23-11-22-52-36-16-9-15-35-42(36)44(63)34-14-8-7-13-33(34)43(35)62;3-2(4,5)1(6)7/h7-9,13-16,18-21,28-30,37-40,52,60H,6,10-12,17,22-27,51H2,1-5H3,(H,53,68)(H,54,66)(H,55,64)(H,56,61)(H,57,67)(H,58,65);(H,6,7)/t29-,30-,37-,38-,39-,40-;/m0./s1. The van der Waals surface area contributed by atoms with Gasteiger partial charge in [0.2, 0.25) is 41.4 Å². The summed E-state index contributed by atoms with van der Waals surface area (Å²) in [6.07, 6.45) is -2.74. The zero-order chi connectivity index (χ0) is 56.4. The summed E-state index contributed by atoms with van der Waals surface area (Å²) < 4.78 is 31.7. The minimum atomic E-state index is -5.08. The number of alkyl halides is 3. The first-order valence-corrected chi connectivity index (χ1v) is 24.8. The number of nitrogens with zero attached hydrogens (tertiary/aromatic N) is 1. The van der Waals surface area contributed by atoms with E-state index in [1.807, 2.05) is 13.8 Å². The molecular formula is C52H66F3N9O12. The van der Waals surface area contributed by atoms with Crippen LogP contribution >= 0.6 is 0 Å². The van der Waals surface area contributed by atoms with Gasteiger partial charge in [-0.15, -0.1) is 0 Å². The van der Waals surface area contributed by atoms with Gasteiger partial charge in [0.05, 0.1) is 18.2 Å². The number of anilines is 1. The van der Waals surface area contributed by atoms with Gasteiger partial charge in [0.25, 0.3) is 0 Å². The molecule has 0 radical (unpaired) electrons. The summed E-state index contributed by atoms with van der Waals surface area (Å²) in [7, 11) is 0. The quantitative estimate of drug-likeness (QED) is 0.0477. The Hall–Kier alpha value is -7.89. The topological polar surface area (TPSA) is 325 Å². The monoisotopic (exact) mass is 1070 g/mol. The summed E-state index contributed by atoms with van der Waals surface area (Å²) in [4.78, 5) is 130. The molecule has 3 aromatic rings. The van der Waals surface area contributed by atoms with Crippen LogP contribution in [0.4, 0.5) is 18.9 Å². The molecule has 2 aliphatic rings. The number of hydrogen-bond acceptors (Lipinski definition) is 13. The second kappa shape index (κ2) is 28.1. The zero-order valence-corrected chi connectivity index (χ0v) is 42.8. The first-order valence-electron chi connectivity index (χ1n) is 24.8. The lowest BCUT2D eigenvalue weighted by Gasteiger charge is -2.29. The maximum Gasteiger partial charge on any atom is 0.490 e. The largest absolute Gasteiger partial charge is 0.508 e. The van der Waals surface area contributed by atoms with Crippen molar-refractivity contribution in [2.24, 2.45) is 11.7 Å². The number of carbonyl (C=O) groups is 10. The minimum Gasteiger partial charge on any atom is -0.508 e. The maximum absolute atomic E-state index is 14.0. The van der Waals surface area contributed by atoms with Crippen LogP contribution in [0.2, 0.25) is 0 Å². The van der Waals surface area contributed by atoms with Crippen LogP contribution in [0.15, 0.2) is 66.7 Å². The molecule has 412 valence electrons. The molecular weight excluding hydrogens is 1000 g/mol. The number of phenolic OH excluding ortho intramolecular Hbond substituents is 1. The number of carboxylic acid groups (broad SMARTS) is 1. The van der Waals surface area contributed by atoms with Crippen LogP contribution in [-0.4, -0.2) is 143 Å². The molecule has 76 heavy (non-hydrogen) atoms. The van der Waals surface area contributed by atoms with Crippen molar-refractivity contribution in [1.82, 2.24) is 36.8 Å². The number of ketones is 2. The van der Waals surface area contributed by atoms with Crippen LogP contribution in [0.5, 0.6) is 5.75 Å². The number of amides is 7. The molecule has 3 aromatic carbocycles. The Morgan fingerprint density at radius 2 is 1.36 bits per heavy atom. The fourth-order valence-corrected chi connectivity index (χ4v) is 8.28. The Balaban J connectivity index is 0.00000166. The first kappa shape index (κ1) is 60.7. The van der Waals surface area contributed by atoms with E-state index in [-0.39, 0.29) is 54.9 Å². The van der Waals surface area contributed by atoms with Gasteiger partial charge in [-0.3, -0.25) is 43.2 Å². The van der Waals surface area contributed by atoms with Crippen molar-refractivity contribution in [1.29, 1.82) is 0 Å². The summed E-state index contributed by atoms with van der Waals surface area (Å²) in [6, 6.07) is 11.8. The summed E-state index contributed by atoms with van der Waals surface area (Å²) >= 11 is 0. The summed E-state index contributed by atoms with van der Waals surface area (Å²) in [5, 5.41) is 36.1. The van der Waals surface area contributed by atoms with Crippen molar-refractivity contribution in [2.75, 3.05) is 31.5 Å². The number of nitrogens with one attached hydrogen (secondary N) is 7. The number of likely N-dealkylation sites (tertiary alicyclic amines) is 1. The van der Waals surface area contributed by atoms with Crippen molar-refractivity contribution < 1.29 is 71.3 Å². The molecule has 24 heteroatoms. The molecule has 7 amide bonds. The Bertz CT molecular complexity index is 2610. The fourth-order valence-electron chi connectivity index (χ4n) is 8.28. The molecule has 1 heterocycles. The number of halogens is 3. The van der Waals surface area contributed by atoms with Crippen molar-refractivity contribution in [3.05, 3.63) is 94.5 Å². The van der Waals surface area contributed by atoms with Gasteiger partial charge in [-0.05, 0) is 75.6 Å². The van der Waals surface area contributed by atoms with Gasteiger partial charge in [0, 0.05) is 48.4 Å². The molecule has 1 fully saturated rings. The van der Waals surface area contributed by atoms with E-state index in [2.05, 4.69) is 37.2 Å². The number of nitrogens with two attached hydrogens (primary N) is 1. The van der Waals surface area contributed by atoms with Gasteiger partial charge in [-0.2, -0.15) is 13.2 Å². The number of aromatic hydroxyl groups is 1. The zero-order valence-electron chi connectivity index (χ0n) is 42.8. The number of carboxylic acids is 1. The van der Waals surface area contributed by atoms with Crippen LogP contribution < -0.4 is 43.0 Å². The third-order valence-corrected chi connectivity index (χ3v) is 12.2. The summed E-state index contributed by atoms with van der Waals surface area (Å²) in [5.41, 5.74) is 8.10. The van der Waals surface area contributed by atoms with E-state index >= 15 is 0 Å². The lowest BCUT2D eigenvalue weighted by Crippen LogP contribution is -2.58. The molecule has 0 spiro atoms. The number of rotatable bonds is 23. The highest BCUT2D eigenvalue weighted by molar-refractivity contribution is 6.30. The van der Waals surface area contributed by atoms with Gasteiger partial charge in [0.1, 0.15) is 36.0 Å². The Labute approximate surface area is 437 Å².